The molecule has 5 saturated carbocycles. The van der Waals surface area contributed by atoms with E-state index in [1.807, 2.05) is 0 Å². The lowest BCUT2D eigenvalue weighted by Crippen LogP contribution is -2.35. The van der Waals surface area contributed by atoms with E-state index in [0.717, 1.165) is 66.1 Å². The van der Waals surface area contributed by atoms with Gasteiger partial charge in [-0.05, 0) is 198 Å². The van der Waals surface area contributed by atoms with Gasteiger partial charge in [-0.1, -0.05) is 51.0 Å². The summed E-state index contributed by atoms with van der Waals surface area (Å²) in [5, 5.41) is 0. The molecule has 0 radical (unpaired) electrons. The Kier molecular flexibility index (Phi) is 8.87. The summed E-state index contributed by atoms with van der Waals surface area (Å²) in [7, 11) is 1.57. The van der Waals surface area contributed by atoms with Crippen molar-refractivity contribution in [2.24, 2.45) is 46.3 Å². The Bertz CT molecular complexity index is 1270. The number of hydrogen-bond donors (Lipinski definition) is 0. The number of hydrogen-bond acceptors (Lipinski definition) is 2. The van der Waals surface area contributed by atoms with Crippen molar-refractivity contribution in [2.75, 3.05) is 7.11 Å². The van der Waals surface area contributed by atoms with Gasteiger partial charge in [0, 0.05) is 0 Å². The fourth-order valence-electron chi connectivity index (χ4n) is 10.8. The Morgan fingerprint density at radius 2 is 1.64 bits per heavy atom. The van der Waals surface area contributed by atoms with E-state index in [4.69, 9.17) is 4.74 Å². The Morgan fingerprint density at radius 3 is 2.31 bits per heavy atom. The molecule has 0 heterocycles. The molecule has 5 fully saturated rings. The zero-order chi connectivity index (χ0) is 31.5. The molecule has 7 atom stereocenters. The highest BCUT2D eigenvalue weighted by atomic mass is 16.5. The highest BCUT2D eigenvalue weighted by Crippen LogP contribution is 2.60. The third-order valence-corrected chi connectivity index (χ3v) is 14.5. The van der Waals surface area contributed by atoms with Crippen molar-refractivity contribution >= 4 is 5.97 Å². The van der Waals surface area contributed by atoms with Gasteiger partial charge in [-0.2, -0.15) is 0 Å². The Labute approximate surface area is 275 Å². The molecule has 2 heteroatoms. The van der Waals surface area contributed by atoms with Crippen molar-refractivity contribution < 1.29 is 9.53 Å². The largest absolute Gasteiger partial charge is 0.469 e. The van der Waals surface area contributed by atoms with E-state index in [-0.39, 0.29) is 11.4 Å². The third kappa shape index (κ3) is 6.88. The lowest BCUT2D eigenvalue weighted by atomic mass is 9.66. The number of methoxy groups -OCH3 is 1. The molecule has 6 aliphatic carbocycles. The van der Waals surface area contributed by atoms with Crippen LogP contribution in [0.25, 0.3) is 0 Å². The predicted molar refractivity (Wildman–Crippen MR) is 187 cm³/mol. The van der Waals surface area contributed by atoms with Gasteiger partial charge < -0.3 is 4.74 Å². The monoisotopic (exact) mass is 612 g/mol. The minimum Gasteiger partial charge on any atom is -0.469 e. The van der Waals surface area contributed by atoms with Crippen LogP contribution >= 0.6 is 0 Å². The summed E-state index contributed by atoms with van der Waals surface area (Å²) in [5.74, 6) is 7.81. The van der Waals surface area contributed by atoms with Gasteiger partial charge in [-0.15, -0.1) is 0 Å². The van der Waals surface area contributed by atoms with E-state index in [0.29, 0.717) is 5.41 Å². The summed E-state index contributed by atoms with van der Waals surface area (Å²) in [6.07, 6.45) is 25.0. The van der Waals surface area contributed by atoms with Gasteiger partial charge >= 0.3 is 5.97 Å². The molecule has 45 heavy (non-hydrogen) atoms. The molecule has 0 saturated heterocycles. The molecule has 0 N–H and O–H groups in total. The molecule has 6 aliphatic rings. The standard InChI is InChI=1S/C43H64O2/c1-7-42(3,4)26-34-24-38(34)40-25-39(29-11-8-27(2)9-12-29)36(30-13-14-30)22-33(40)21-28-10-15-35(37-23-32(37)20-28)31-16-18-43(5,19-17-31)41(44)45-6/h8,22,25,28-32,34-35,37-38H,7,9-21,23-24,26H2,1-6H3. The number of allylic oxidation sites excluding steroid dienone is 2. The van der Waals surface area contributed by atoms with Gasteiger partial charge in [0.05, 0.1) is 12.5 Å². The SMILES string of the molecule is CCC(C)(C)CC1CC1c1cc(C2CC=C(C)CC2)c(C2CC2)cc1CC1CCC(C2CCC(C)(C(=O)OC)CC2)C2CC2C1. The maximum Gasteiger partial charge on any atom is 0.311 e. The summed E-state index contributed by atoms with van der Waals surface area (Å²) in [5.41, 5.74) is 8.92. The van der Waals surface area contributed by atoms with Gasteiger partial charge in [-0.25, -0.2) is 0 Å². The third-order valence-electron chi connectivity index (χ3n) is 14.5. The Morgan fingerprint density at radius 1 is 0.889 bits per heavy atom. The molecular weight excluding hydrogens is 548 g/mol. The van der Waals surface area contributed by atoms with E-state index in [9.17, 15) is 4.79 Å². The number of carbonyl (C=O) groups excluding carboxylic acids is 1. The second kappa shape index (κ2) is 12.5. The second-order valence-electron chi connectivity index (χ2n) is 18.4. The number of rotatable bonds is 10. The van der Waals surface area contributed by atoms with Gasteiger partial charge in [0.1, 0.15) is 0 Å². The molecule has 7 unspecified atom stereocenters. The van der Waals surface area contributed by atoms with Crippen LogP contribution in [-0.4, -0.2) is 13.1 Å². The van der Waals surface area contributed by atoms with Crippen LogP contribution in [0.5, 0.6) is 0 Å². The van der Waals surface area contributed by atoms with Crippen LogP contribution in [0.1, 0.15) is 177 Å². The second-order valence-corrected chi connectivity index (χ2v) is 18.4. The number of esters is 1. The highest BCUT2D eigenvalue weighted by Gasteiger charge is 2.50. The molecule has 0 bridgehead atoms. The maximum absolute atomic E-state index is 12.5. The summed E-state index contributed by atoms with van der Waals surface area (Å²) < 4.78 is 5.19. The molecule has 0 aromatic heterocycles. The average molecular weight is 613 g/mol. The molecule has 1 aromatic carbocycles. The number of carbonyl (C=O) groups is 1. The zero-order valence-corrected chi connectivity index (χ0v) is 29.8. The lowest BCUT2D eigenvalue weighted by molar-refractivity contribution is -0.154. The first kappa shape index (κ1) is 32.0. The van der Waals surface area contributed by atoms with Crippen LogP contribution in [-0.2, 0) is 16.0 Å². The highest BCUT2D eigenvalue weighted by molar-refractivity contribution is 5.76. The molecule has 7 rings (SSSR count). The molecule has 1 aromatic rings. The van der Waals surface area contributed by atoms with Crippen molar-refractivity contribution in [3.05, 3.63) is 46.0 Å². The molecule has 2 nitrogen and oxygen atoms in total. The summed E-state index contributed by atoms with van der Waals surface area (Å²) in [4.78, 5) is 12.5. The summed E-state index contributed by atoms with van der Waals surface area (Å²) >= 11 is 0. The number of ether oxygens (including phenoxy) is 1. The first-order valence-electron chi connectivity index (χ1n) is 19.5. The van der Waals surface area contributed by atoms with E-state index in [2.05, 4.69) is 52.8 Å². The van der Waals surface area contributed by atoms with Crippen LogP contribution in [0.4, 0.5) is 0 Å². The minimum absolute atomic E-state index is 0.0183. The molecule has 248 valence electrons. The van der Waals surface area contributed by atoms with Crippen LogP contribution in [0.15, 0.2) is 23.8 Å². The van der Waals surface area contributed by atoms with Gasteiger partial charge in [0.2, 0.25) is 0 Å². The van der Waals surface area contributed by atoms with Crippen LogP contribution in [0.3, 0.4) is 0 Å². The molecule has 0 amide bonds. The summed E-state index contributed by atoms with van der Waals surface area (Å²) in [6.45, 7) is 11.9. The Balaban J connectivity index is 1.10. The van der Waals surface area contributed by atoms with Crippen molar-refractivity contribution in [1.29, 1.82) is 0 Å². The number of fused-ring (bicyclic) bond motifs is 1. The van der Waals surface area contributed by atoms with Gasteiger partial charge in [0.25, 0.3) is 0 Å². The minimum atomic E-state index is -0.247. The smallest absolute Gasteiger partial charge is 0.311 e. The van der Waals surface area contributed by atoms with Gasteiger partial charge in [-0.3, -0.25) is 4.79 Å². The summed E-state index contributed by atoms with van der Waals surface area (Å²) in [6, 6.07) is 5.64. The molecule has 0 spiro atoms. The van der Waals surface area contributed by atoms with Crippen LogP contribution in [0, 0.1) is 46.3 Å². The first-order valence-corrected chi connectivity index (χ1v) is 19.5. The topological polar surface area (TPSA) is 26.3 Å². The normalized spacial score (nSPS) is 38.1. The fraction of sp³-hybridized carbons (Fsp3) is 0.791. The molecule has 0 aliphatic heterocycles. The predicted octanol–water partition coefficient (Wildman–Crippen LogP) is 11.7. The lowest BCUT2D eigenvalue weighted by Gasteiger charge is -2.38. The quantitative estimate of drug-likeness (QED) is 0.194. The van der Waals surface area contributed by atoms with Crippen molar-refractivity contribution in [3.8, 4) is 0 Å². The first-order chi connectivity index (χ1) is 21.6. The van der Waals surface area contributed by atoms with Crippen molar-refractivity contribution in [3.63, 3.8) is 0 Å². The van der Waals surface area contributed by atoms with Gasteiger partial charge in [0.15, 0.2) is 0 Å². The fourth-order valence-corrected chi connectivity index (χ4v) is 10.8. The Hall–Kier alpha value is -1.57. The number of benzene rings is 1. The van der Waals surface area contributed by atoms with E-state index < -0.39 is 0 Å². The maximum atomic E-state index is 12.5. The van der Waals surface area contributed by atoms with E-state index in [1.54, 1.807) is 34.9 Å². The van der Waals surface area contributed by atoms with Crippen LogP contribution < -0.4 is 0 Å². The zero-order valence-electron chi connectivity index (χ0n) is 29.8. The van der Waals surface area contributed by atoms with Crippen molar-refractivity contribution in [2.45, 2.75) is 162 Å². The van der Waals surface area contributed by atoms with Crippen LogP contribution in [0.2, 0.25) is 0 Å². The van der Waals surface area contributed by atoms with E-state index >= 15 is 0 Å². The van der Waals surface area contributed by atoms with Crippen molar-refractivity contribution in [1.82, 2.24) is 0 Å². The average Bonchev–Trinajstić information content (AvgIpc) is 3.88. The molecular formula is C43H64O2. The van der Waals surface area contributed by atoms with E-state index in [1.165, 1.54) is 96.3 Å².